The minimum Gasteiger partial charge on any atom is -0.397 e. The summed E-state index contributed by atoms with van der Waals surface area (Å²) in [6, 6.07) is 6.38. The number of halogens is 2. The second-order valence-corrected chi connectivity index (χ2v) is 5.35. The normalized spacial score (nSPS) is 9.40. The Hall–Kier alpha value is -1.77. The smallest absolute Gasteiger partial charge is 0.144 e. The monoisotopic (exact) mass is 311 g/mol. The summed E-state index contributed by atoms with van der Waals surface area (Å²) < 4.78 is 13.4. The molecule has 0 aliphatic rings. The summed E-state index contributed by atoms with van der Waals surface area (Å²) in [5, 5.41) is 12.5. The fraction of sp³-hybridized carbons (Fsp3) is 0.214. The number of anilines is 3. The van der Waals surface area contributed by atoms with Crippen LogP contribution in [0.15, 0.2) is 18.2 Å². The first kappa shape index (κ1) is 16.3. The largest absolute Gasteiger partial charge is 0.397 e. The zero-order valence-electron chi connectivity index (χ0n) is 11.4. The quantitative estimate of drug-likeness (QED) is 0.761. The Labute approximate surface area is 126 Å². The van der Waals surface area contributed by atoms with Gasteiger partial charge in [0.1, 0.15) is 16.9 Å². The highest BCUT2D eigenvalue weighted by molar-refractivity contribution is 7.16. The Morgan fingerprint density at radius 2 is 2.00 bits per heavy atom. The molecule has 1 aromatic heterocycles. The van der Waals surface area contributed by atoms with Crippen LogP contribution in [0.2, 0.25) is 5.02 Å². The van der Waals surface area contributed by atoms with E-state index in [1.165, 1.54) is 23.5 Å². The highest BCUT2D eigenvalue weighted by Crippen LogP contribution is 2.33. The summed E-state index contributed by atoms with van der Waals surface area (Å²) in [4.78, 5) is 0.988. The van der Waals surface area contributed by atoms with Crippen LogP contribution < -0.4 is 11.1 Å². The van der Waals surface area contributed by atoms with Crippen molar-refractivity contribution in [2.45, 2.75) is 20.8 Å². The Bertz CT molecular complexity index is 647. The predicted octanol–water partition coefficient (Wildman–Crippen LogP) is 5.07. The highest BCUT2D eigenvalue weighted by Gasteiger charge is 2.11. The summed E-state index contributed by atoms with van der Waals surface area (Å²) in [5.74, 6) is -0.555. The zero-order valence-corrected chi connectivity index (χ0v) is 13.0. The van der Waals surface area contributed by atoms with E-state index in [9.17, 15) is 4.39 Å². The fourth-order valence-electron chi connectivity index (χ4n) is 1.48. The van der Waals surface area contributed by atoms with Gasteiger partial charge in [0, 0.05) is 10.9 Å². The first-order valence-electron chi connectivity index (χ1n) is 6.03. The molecular formula is C14H15ClFN3S. The molecule has 0 spiro atoms. The molecule has 6 heteroatoms. The molecule has 3 N–H and O–H groups in total. The van der Waals surface area contributed by atoms with Gasteiger partial charge in [-0.1, -0.05) is 25.4 Å². The van der Waals surface area contributed by atoms with Crippen LogP contribution in [0.5, 0.6) is 0 Å². The topological polar surface area (TPSA) is 61.8 Å². The number of aryl methyl sites for hydroxylation is 1. The second kappa shape index (κ2) is 7.13. The molecule has 0 unspecified atom stereocenters. The third kappa shape index (κ3) is 3.62. The number of nitriles is 1. The molecule has 0 bridgehead atoms. The van der Waals surface area contributed by atoms with Gasteiger partial charge in [-0.05, 0) is 19.1 Å². The highest BCUT2D eigenvalue weighted by atomic mass is 35.5. The molecule has 2 rings (SSSR count). The molecule has 1 heterocycles. The predicted molar refractivity (Wildman–Crippen MR) is 84.2 cm³/mol. The van der Waals surface area contributed by atoms with E-state index in [0.717, 1.165) is 4.88 Å². The first-order valence-corrected chi connectivity index (χ1v) is 7.23. The minimum atomic E-state index is -0.555. The van der Waals surface area contributed by atoms with Gasteiger partial charge in [-0.2, -0.15) is 5.26 Å². The van der Waals surface area contributed by atoms with Crippen LogP contribution in [-0.2, 0) is 0 Å². The molecule has 106 valence electrons. The average molecular weight is 312 g/mol. The Kier molecular flexibility index (Phi) is 5.81. The van der Waals surface area contributed by atoms with Crippen molar-refractivity contribution < 1.29 is 4.39 Å². The van der Waals surface area contributed by atoms with Gasteiger partial charge in [0.05, 0.1) is 22.0 Å². The molecule has 0 saturated heterocycles. The van der Waals surface area contributed by atoms with Gasteiger partial charge in [0.2, 0.25) is 0 Å². The van der Waals surface area contributed by atoms with Gasteiger partial charge in [-0.25, -0.2) is 4.39 Å². The maximum Gasteiger partial charge on any atom is 0.144 e. The number of benzene rings is 1. The Morgan fingerprint density at radius 3 is 2.60 bits per heavy atom. The van der Waals surface area contributed by atoms with Crippen LogP contribution in [-0.4, -0.2) is 0 Å². The average Bonchev–Trinajstić information content (AvgIpc) is 2.78. The van der Waals surface area contributed by atoms with Crippen molar-refractivity contribution in [3.63, 3.8) is 0 Å². The standard InChI is InChI=1S/C12H9ClFN3S.C2H6/c1-6-2-7(5-15)12(18-6)17-11-4-9(14)8(13)3-10(11)16;1-2/h2-4,17H,16H2,1H3;1-2H3. The van der Waals surface area contributed by atoms with Crippen molar-refractivity contribution in [2.75, 3.05) is 11.1 Å². The zero-order chi connectivity index (χ0) is 15.3. The molecule has 0 atom stereocenters. The van der Waals surface area contributed by atoms with E-state index in [-0.39, 0.29) is 5.02 Å². The fourth-order valence-corrected chi connectivity index (χ4v) is 2.53. The summed E-state index contributed by atoms with van der Waals surface area (Å²) in [6.07, 6.45) is 0. The maximum absolute atomic E-state index is 13.4. The lowest BCUT2D eigenvalue weighted by Crippen LogP contribution is -1.97. The van der Waals surface area contributed by atoms with Crippen molar-refractivity contribution in [3.05, 3.63) is 39.5 Å². The Balaban J connectivity index is 0.000000956. The molecule has 0 aliphatic carbocycles. The molecule has 1 aromatic carbocycles. The van der Waals surface area contributed by atoms with E-state index >= 15 is 0 Å². The van der Waals surface area contributed by atoms with E-state index in [1.807, 2.05) is 20.8 Å². The number of rotatable bonds is 2. The molecule has 3 nitrogen and oxygen atoms in total. The molecule has 0 aliphatic heterocycles. The van der Waals surface area contributed by atoms with Gasteiger partial charge in [-0.3, -0.25) is 0 Å². The number of hydrogen-bond acceptors (Lipinski definition) is 4. The molecule has 2 aromatic rings. The summed E-state index contributed by atoms with van der Waals surface area (Å²) in [7, 11) is 0. The third-order valence-electron chi connectivity index (χ3n) is 2.32. The van der Waals surface area contributed by atoms with Crippen molar-refractivity contribution in [3.8, 4) is 6.07 Å². The number of nitrogen functional groups attached to an aromatic ring is 1. The lowest BCUT2D eigenvalue weighted by molar-refractivity contribution is 0.629. The van der Waals surface area contributed by atoms with Gasteiger partial charge in [-0.15, -0.1) is 11.3 Å². The molecule has 0 saturated carbocycles. The van der Waals surface area contributed by atoms with Crippen LogP contribution in [0.25, 0.3) is 0 Å². The summed E-state index contributed by atoms with van der Waals surface area (Å²) in [6.45, 7) is 5.89. The number of nitrogens with two attached hydrogens (primary N) is 1. The van der Waals surface area contributed by atoms with Crippen molar-refractivity contribution in [1.29, 1.82) is 5.26 Å². The first-order chi connectivity index (χ1) is 9.51. The van der Waals surface area contributed by atoms with E-state index in [2.05, 4.69) is 11.4 Å². The van der Waals surface area contributed by atoms with Crippen LogP contribution in [0, 0.1) is 24.1 Å². The number of nitrogens with zero attached hydrogens (tertiary/aromatic N) is 1. The van der Waals surface area contributed by atoms with Gasteiger partial charge in [0.15, 0.2) is 0 Å². The van der Waals surface area contributed by atoms with Crippen molar-refractivity contribution in [2.24, 2.45) is 0 Å². The van der Waals surface area contributed by atoms with Gasteiger partial charge >= 0.3 is 0 Å². The number of hydrogen-bond donors (Lipinski definition) is 2. The lowest BCUT2D eigenvalue weighted by atomic mass is 10.2. The van der Waals surface area contributed by atoms with Crippen LogP contribution >= 0.6 is 22.9 Å². The minimum absolute atomic E-state index is 0.0269. The molecule has 0 fully saturated rings. The van der Waals surface area contributed by atoms with E-state index in [1.54, 1.807) is 6.07 Å². The molecule has 0 amide bonds. The van der Waals surface area contributed by atoms with Gasteiger partial charge < -0.3 is 11.1 Å². The summed E-state index contributed by atoms with van der Waals surface area (Å²) in [5.41, 5.74) is 6.98. The van der Waals surface area contributed by atoms with E-state index in [4.69, 9.17) is 22.6 Å². The Morgan fingerprint density at radius 1 is 1.35 bits per heavy atom. The molecular weight excluding hydrogens is 297 g/mol. The van der Waals surface area contributed by atoms with Crippen LogP contribution in [0.1, 0.15) is 24.3 Å². The molecule has 0 radical (unpaired) electrons. The van der Waals surface area contributed by atoms with Gasteiger partial charge in [0.25, 0.3) is 0 Å². The number of nitrogens with one attached hydrogen (secondary N) is 1. The van der Waals surface area contributed by atoms with E-state index < -0.39 is 5.82 Å². The van der Waals surface area contributed by atoms with Crippen molar-refractivity contribution in [1.82, 2.24) is 0 Å². The third-order valence-corrected chi connectivity index (χ3v) is 3.57. The van der Waals surface area contributed by atoms with E-state index in [0.29, 0.717) is 21.9 Å². The SMILES string of the molecule is CC.Cc1cc(C#N)c(Nc2cc(F)c(Cl)cc2N)s1. The number of thiophene rings is 1. The van der Waals surface area contributed by atoms with Crippen LogP contribution in [0.3, 0.4) is 0 Å². The van der Waals surface area contributed by atoms with Crippen molar-refractivity contribution >= 4 is 39.3 Å². The lowest BCUT2D eigenvalue weighted by Gasteiger charge is -2.08. The summed E-state index contributed by atoms with van der Waals surface area (Å²) >= 11 is 7.03. The maximum atomic E-state index is 13.4. The van der Waals surface area contributed by atoms with Crippen LogP contribution in [0.4, 0.5) is 20.8 Å². The molecule has 20 heavy (non-hydrogen) atoms. The second-order valence-electron chi connectivity index (χ2n) is 3.69.